The van der Waals surface area contributed by atoms with Crippen molar-refractivity contribution in [3.63, 3.8) is 0 Å². The molecule has 1 aliphatic rings. The summed E-state index contributed by atoms with van der Waals surface area (Å²) in [5.74, 6) is -0.803. The molecule has 3 aromatic rings. The number of halogens is 5. The monoisotopic (exact) mass is 542 g/mol. The average Bonchev–Trinajstić information content (AvgIpc) is 3.10. The second-order valence-electron chi connectivity index (χ2n) is 7.75. The number of nitrogens with one attached hydrogen (secondary N) is 2. The summed E-state index contributed by atoms with van der Waals surface area (Å²) in [4.78, 5) is 12.8. The highest BCUT2D eigenvalue weighted by molar-refractivity contribution is 9.10. The van der Waals surface area contributed by atoms with Gasteiger partial charge in [0.2, 0.25) is 0 Å². The van der Waals surface area contributed by atoms with Crippen molar-refractivity contribution >= 4 is 44.9 Å². The van der Waals surface area contributed by atoms with Crippen LogP contribution >= 0.6 is 27.5 Å². The molecule has 33 heavy (non-hydrogen) atoms. The minimum Gasteiger partial charge on any atom is -0.389 e. The Morgan fingerprint density at radius 1 is 1.24 bits per heavy atom. The molecule has 2 aromatic carbocycles. The van der Waals surface area contributed by atoms with Crippen LogP contribution in [0.2, 0.25) is 5.02 Å². The van der Waals surface area contributed by atoms with Gasteiger partial charge in [0.05, 0.1) is 12.1 Å². The summed E-state index contributed by atoms with van der Waals surface area (Å²) in [6.07, 6.45) is -5.57. The third-order valence-electron chi connectivity index (χ3n) is 5.43. The minimum absolute atomic E-state index is 0.0623. The molecule has 3 N–H and O–H groups in total. The Bertz CT molecular complexity index is 1160. The van der Waals surface area contributed by atoms with Crippen molar-refractivity contribution in [2.24, 2.45) is 0 Å². The lowest BCUT2D eigenvalue weighted by Gasteiger charge is -2.33. The smallest absolute Gasteiger partial charge is 0.389 e. The van der Waals surface area contributed by atoms with Gasteiger partial charge in [-0.15, -0.1) is 0 Å². The van der Waals surface area contributed by atoms with Crippen LogP contribution in [0.5, 0.6) is 0 Å². The van der Waals surface area contributed by atoms with Crippen molar-refractivity contribution in [2.45, 2.75) is 37.7 Å². The van der Waals surface area contributed by atoms with Gasteiger partial charge >= 0.3 is 6.18 Å². The van der Waals surface area contributed by atoms with E-state index < -0.39 is 30.3 Å². The summed E-state index contributed by atoms with van der Waals surface area (Å²) in [6.45, 7) is 1.61. The average molecular weight is 544 g/mol. The van der Waals surface area contributed by atoms with E-state index in [1.165, 1.54) is 0 Å². The number of aliphatic hydroxyl groups is 1. The van der Waals surface area contributed by atoms with Crippen LogP contribution in [0.3, 0.4) is 0 Å². The van der Waals surface area contributed by atoms with Gasteiger partial charge in [-0.3, -0.25) is 4.79 Å². The highest BCUT2D eigenvalue weighted by Gasteiger charge is 2.47. The molecule has 3 atom stereocenters. The lowest BCUT2D eigenvalue weighted by Crippen LogP contribution is -2.35. The van der Waals surface area contributed by atoms with Gasteiger partial charge in [0.25, 0.3) is 5.91 Å². The molecule has 0 radical (unpaired) electrons. The molecule has 6 nitrogen and oxygen atoms in total. The lowest BCUT2D eigenvalue weighted by molar-refractivity contribution is -0.173. The van der Waals surface area contributed by atoms with Crippen LogP contribution < -0.4 is 10.6 Å². The number of amides is 1. The van der Waals surface area contributed by atoms with E-state index in [1.807, 2.05) is 0 Å². The van der Waals surface area contributed by atoms with Crippen molar-refractivity contribution in [1.82, 2.24) is 9.78 Å². The Morgan fingerprint density at radius 2 is 1.88 bits per heavy atom. The van der Waals surface area contributed by atoms with E-state index in [0.717, 1.165) is 9.15 Å². The number of anilines is 2. The van der Waals surface area contributed by atoms with E-state index in [0.29, 0.717) is 16.8 Å². The Hall–Kier alpha value is -2.56. The van der Waals surface area contributed by atoms with Gasteiger partial charge in [-0.25, -0.2) is 4.68 Å². The van der Waals surface area contributed by atoms with Crippen LogP contribution in [0.25, 0.3) is 0 Å². The van der Waals surface area contributed by atoms with Crippen LogP contribution in [0, 0.1) is 0 Å². The molecule has 174 valence electrons. The minimum atomic E-state index is -4.59. The number of benzene rings is 2. The standard InChI is InChI=1S/C22H19BrClF3N4O2/c1-11(32)12-4-8-15(9-5-12)28-21(33)19-18(24)20-29-16(13-2-6-14(23)7-3-13)10-17(22(25,26)27)31(20)30-19/h2-9,11,16-17,29,32H,10H2,1H3,(H,28,33)/t11-,16+,17+/m0/s1. The number of aromatic nitrogens is 2. The van der Waals surface area contributed by atoms with Gasteiger partial charge in [-0.05, 0) is 42.3 Å². The van der Waals surface area contributed by atoms with E-state index in [1.54, 1.807) is 55.5 Å². The molecule has 0 saturated heterocycles. The molecule has 0 spiro atoms. The molecule has 1 aromatic heterocycles. The Kier molecular flexibility index (Phi) is 6.43. The number of carbonyl (C=O) groups is 1. The van der Waals surface area contributed by atoms with Gasteiger partial charge in [-0.1, -0.05) is 51.8 Å². The van der Waals surface area contributed by atoms with E-state index in [9.17, 15) is 23.1 Å². The van der Waals surface area contributed by atoms with E-state index >= 15 is 0 Å². The highest BCUT2D eigenvalue weighted by Crippen LogP contribution is 2.46. The number of aliphatic hydroxyl groups excluding tert-OH is 1. The maximum atomic E-state index is 13.9. The first-order valence-corrected chi connectivity index (χ1v) is 11.2. The van der Waals surface area contributed by atoms with Gasteiger partial charge in [-0.2, -0.15) is 18.3 Å². The van der Waals surface area contributed by atoms with Gasteiger partial charge in [0.1, 0.15) is 10.8 Å². The van der Waals surface area contributed by atoms with Gasteiger partial charge in [0.15, 0.2) is 11.7 Å². The fraction of sp³-hybridized carbons (Fsp3) is 0.273. The number of rotatable bonds is 4. The van der Waals surface area contributed by atoms with E-state index in [4.69, 9.17) is 11.6 Å². The molecule has 1 aliphatic heterocycles. The van der Waals surface area contributed by atoms with E-state index in [-0.39, 0.29) is 23.0 Å². The fourth-order valence-corrected chi connectivity index (χ4v) is 4.21. The third kappa shape index (κ3) is 4.87. The second kappa shape index (κ2) is 9.00. The van der Waals surface area contributed by atoms with Crippen molar-refractivity contribution < 1.29 is 23.1 Å². The van der Waals surface area contributed by atoms with Crippen LogP contribution in [0.15, 0.2) is 53.0 Å². The molecule has 0 fully saturated rings. The first kappa shape index (κ1) is 23.6. The maximum absolute atomic E-state index is 13.9. The predicted octanol–water partition coefficient (Wildman–Crippen LogP) is 6.26. The molecule has 0 unspecified atom stereocenters. The molecule has 0 bridgehead atoms. The van der Waals surface area contributed by atoms with Gasteiger partial charge < -0.3 is 15.7 Å². The Morgan fingerprint density at radius 3 is 2.45 bits per heavy atom. The predicted molar refractivity (Wildman–Crippen MR) is 122 cm³/mol. The molecule has 11 heteroatoms. The molecule has 0 saturated carbocycles. The maximum Gasteiger partial charge on any atom is 0.410 e. The summed E-state index contributed by atoms with van der Waals surface area (Å²) in [5.41, 5.74) is 1.38. The fourth-order valence-electron chi connectivity index (χ4n) is 3.68. The topological polar surface area (TPSA) is 79.2 Å². The number of alkyl halides is 3. The largest absolute Gasteiger partial charge is 0.410 e. The summed E-state index contributed by atoms with van der Waals surface area (Å²) in [6, 6.07) is 10.7. The summed E-state index contributed by atoms with van der Waals surface area (Å²) in [5, 5.41) is 18.9. The second-order valence-corrected chi connectivity index (χ2v) is 9.04. The van der Waals surface area contributed by atoms with Crippen molar-refractivity contribution in [3.05, 3.63) is 74.8 Å². The van der Waals surface area contributed by atoms with Gasteiger partial charge in [0, 0.05) is 16.6 Å². The first-order chi connectivity index (χ1) is 15.5. The quantitative estimate of drug-likeness (QED) is 0.363. The normalized spacial score (nSPS) is 18.9. The zero-order valence-corrected chi connectivity index (χ0v) is 19.5. The molecular weight excluding hydrogens is 525 g/mol. The molecule has 0 aliphatic carbocycles. The van der Waals surface area contributed by atoms with Crippen LogP contribution in [-0.4, -0.2) is 27.0 Å². The number of hydrogen-bond acceptors (Lipinski definition) is 4. The molecule has 2 heterocycles. The summed E-state index contributed by atoms with van der Waals surface area (Å²) in [7, 11) is 0. The Balaban J connectivity index is 1.65. The number of hydrogen-bond donors (Lipinski definition) is 3. The van der Waals surface area contributed by atoms with Crippen LogP contribution in [-0.2, 0) is 0 Å². The third-order valence-corrected chi connectivity index (χ3v) is 6.32. The highest BCUT2D eigenvalue weighted by atomic mass is 79.9. The summed E-state index contributed by atoms with van der Waals surface area (Å²) >= 11 is 9.66. The number of nitrogens with zero attached hydrogens (tertiary/aromatic N) is 2. The molecular formula is C22H19BrClF3N4O2. The molecule has 4 rings (SSSR count). The van der Waals surface area contributed by atoms with Crippen LogP contribution in [0.4, 0.5) is 24.7 Å². The van der Waals surface area contributed by atoms with E-state index in [2.05, 4.69) is 31.7 Å². The van der Waals surface area contributed by atoms with Crippen molar-refractivity contribution in [3.8, 4) is 0 Å². The zero-order chi connectivity index (χ0) is 23.9. The molecule has 1 amide bonds. The van der Waals surface area contributed by atoms with Crippen molar-refractivity contribution in [2.75, 3.05) is 10.6 Å². The number of fused-ring (bicyclic) bond motifs is 1. The van der Waals surface area contributed by atoms with Crippen molar-refractivity contribution in [1.29, 1.82) is 0 Å². The first-order valence-electron chi connectivity index (χ1n) is 10.0. The SMILES string of the molecule is C[C@H](O)c1ccc(NC(=O)c2nn3c(c2Cl)N[C@@H](c2ccc(Br)cc2)C[C@@H]3C(F)(F)F)cc1. The van der Waals surface area contributed by atoms with Crippen LogP contribution in [0.1, 0.15) is 53.1 Å². The number of carbonyl (C=O) groups excluding carboxylic acids is 1. The lowest BCUT2D eigenvalue weighted by atomic mass is 9.97. The summed E-state index contributed by atoms with van der Waals surface area (Å²) < 4.78 is 43.3. The zero-order valence-electron chi connectivity index (χ0n) is 17.2. The Labute approximate surface area is 200 Å².